The van der Waals surface area contributed by atoms with Crippen LogP contribution in [0.2, 0.25) is 0 Å². The van der Waals surface area contributed by atoms with Crippen molar-refractivity contribution in [3.8, 4) is 0 Å². The van der Waals surface area contributed by atoms with Gasteiger partial charge < -0.3 is 68.0 Å². The molecule has 4 N–H and O–H groups in total. The van der Waals surface area contributed by atoms with Crippen LogP contribution in [0.4, 0.5) is 0 Å². The molecule has 0 radical (unpaired) electrons. The molecule has 69 heavy (non-hydrogen) atoms. The van der Waals surface area contributed by atoms with Gasteiger partial charge in [0, 0.05) is 26.6 Å². The molecule has 0 saturated carbocycles. The largest absolute Gasteiger partial charge is 0.459 e. The first kappa shape index (κ1) is 58.0. The molecular formula is C52H81NO16. The van der Waals surface area contributed by atoms with Gasteiger partial charge in [0.2, 0.25) is 0 Å². The van der Waals surface area contributed by atoms with Crippen LogP contribution in [0.15, 0.2) is 60.7 Å². The van der Waals surface area contributed by atoms with Gasteiger partial charge in [-0.05, 0) is 112 Å². The third-order valence-corrected chi connectivity index (χ3v) is 14.1. The monoisotopic (exact) mass is 976 g/mol. The number of hydrogen-bond acceptors (Lipinski definition) is 17. The fraction of sp³-hybridized carbons (Fsp3) is 0.712. The number of likely N-dealkylation sites (N-methyl/N-ethyl adjacent to an activating group) is 1. The van der Waals surface area contributed by atoms with Gasteiger partial charge in [0.15, 0.2) is 24.8 Å². The molecule has 17 nitrogen and oxygen atoms in total. The van der Waals surface area contributed by atoms with Crippen LogP contribution in [0.5, 0.6) is 0 Å². The van der Waals surface area contributed by atoms with Gasteiger partial charge in [0.25, 0.3) is 0 Å². The summed E-state index contributed by atoms with van der Waals surface area (Å²) >= 11 is 0. The first-order valence-electron chi connectivity index (χ1n) is 24.2. The topological polar surface area (TPSA) is 218 Å². The highest BCUT2D eigenvalue weighted by Crippen LogP contribution is 2.42. The van der Waals surface area contributed by atoms with E-state index in [9.17, 15) is 34.8 Å². The minimum absolute atomic E-state index is 0.0261. The number of methoxy groups -OCH3 is 2. The second kappa shape index (κ2) is 25.2. The van der Waals surface area contributed by atoms with Crippen molar-refractivity contribution in [2.24, 2.45) is 17.8 Å². The van der Waals surface area contributed by atoms with E-state index >= 15 is 0 Å². The molecule has 2 aliphatic heterocycles. The number of aliphatic hydroxyl groups is 4. The van der Waals surface area contributed by atoms with E-state index in [4.69, 9.17) is 42.6 Å². The molecule has 0 bridgehead atoms. The number of nitrogens with zero attached hydrogens (tertiary/aromatic N) is 1. The predicted octanol–water partition coefficient (Wildman–Crippen LogP) is 5.32. The maximum absolute atomic E-state index is 14.5. The zero-order chi connectivity index (χ0) is 51.6. The molecule has 0 aliphatic carbocycles. The Hall–Kier alpha value is -3.59. The van der Waals surface area contributed by atoms with E-state index in [2.05, 4.69) is 0 Å². The molecule has 390 valence electrons. The van der Waals surface area contributed by atoms with Crippen molar-refractivity contribution in [1.82, 2.24) is 4.90 Å². The minimum Gasteiger partial charge on any atom is -0.459 e. The lowest BCUT2D eigenvalue weighted by atomic mass is 9.76. The average molecular weight is 976 g/mol. The van der Waals surface area contributed by atoms with Crippen LogP contribution in [0, 0.1) is 17.8 Å². The second-order valence-electron chi connectivity index (χ2n) is 20.1. The predicted molar refractivity (Wildman–Crippen MR) is 255 cm³/mol. The zero-order valence-corrected chi connectivity index (χ0v) is 43.1. The van der Waals surface area contributed by atoms with Crippen molar-refractivity contribution < 1.29 is 77.4 Å². The van der Waals surface area contributed by atoms with Crippen LogP contribution in [-0.4, -0.2) is 169 Å². The Kier molecular flexibility index (Phi) is 21.2. The summed E-state index contributed by atoms with van der Waals surface area (Å²) in [5.74, 6) is -4.51. The quantitative estimate of drug-likeness (QED) is 0.0773. The number of rotatable bonds is 24. The molecule has 18 atom stereocenters. The Bertz CT molecular complexity index is 1900. The molecule has 17 heteroatoms. The standard InChI is InChI=1S/C52H81NO16/c1-15-39(50(8,60)29-54)65-46(57)33(5)42(66-40-28-52(10,62-14)45(35(7)64-40)68-48(59)37-24-20-17-21-25-37)32(4)44(51(9,61-13)27-30(2)41(56)34(6)55)69-49-43(38(53(11)12)26-31(3)63-49)67-47(58)36-22-18-16-19-23-36/h16-25,30-35,38-45,49,54-56,60H,15,26-29H2,1-14H3/t30-,31-,32+,33-,34?,35+,38+,39-,40+,41?,42+,43-,44-,45+,49+,50+,51-,52-/m1/s1. The molecule has 2 aliphatic rings. The summed E-state index contributed by atoms with van der Waals surface area (Å²) in [6, 6.07) is 16.8. The van der Waals surface area contributed by atoms with Gasteiger partial charge in [-0.1, -0.05) is 57.2 Å². The minimum atomic E-state index is -1.77. The highest BCUT2D eigenvalue weighted by Gasteiger charge is 2.54. The molecule has 4 rings (SSSR count). The Balaban J connectivity index is 1.86. The number of carbonyl (C=O) groups excluding carboxylic acids is 3. The van der Waals surface area contributed by atoms with E-state index in [0.717, 1.165) is 0 Å². The summed E-state index contributed by atoms with van der Waals surface area (Å²) in [5, 5.41) is 42.8. The van der Waals surface area contributed by atoms with E-state index in [1.165, 1.54) is 28.1 Å². The number of hydrogen-bond donors (Lipinski definition) is 4. The van der Waals surface area contributed by atoms with Crippen LogP contribution >= 0.6 is 0 Å². The number of aliphatic hydroxyl groups excluding tert-OH is 3. The van der Waals surface area contributed by atoms with Crippen LogP contribution in [0.1, 0.15) is 116 Å². The number of ether oxygens (including phenoxy) is 9. The van der Waals surface area contributed by atoms with E-state index < -0.39 is 120 Å². The summed E-state index contributed by atoms with van der Waals surface area (Å²) in [4.78, 5) is 43.7. The molecule has 0 aromatic heterocycles. The smallest absolute Gasteiger partial charge is 0.338 e. The highest BCUT2D eigenvalue weighted by atomic mass is 16.7. The van der Waals surface area contributed by atoms with Crippen LogP contribution in [0.25, 0.3) is 0 Å². The summed E-state index contributed by atoms with van der Waals surface area (Å²) < 4.78 is 58.1. The lowest BCUT2D eigenvalue weighted by Crippen LogP contribution is -2.62. The summed E-state index contributed by atoms with van der Waals surface area (Å²) in [6.07, 6.45) is -10.2. The van der Waals surface area contributed by atoms with Gasteiger partial charge in [0.1, 0.15) is 17.3 Å². The zero-order valence-electron chi connectivity index (χ0n) is 43.1. The van der Waals surface area contributed by atoms with Crippen molar-refractivity contribution in [2.45, 2.75) is 185 Å². The number of benzene rings is 2. The SMILES string of the molecule is CC[C@@H](OC(=O)[C@H](C)[C@@H](O[C@H]1C[C@@](C)(OC)[C@@H](OC(=O)c2ccccc2)[C@H](C)O1)[C@H](C)[C@@H](O[C@@H]1O[C@H](C)C[C@H](N(C)C)[C@H]1OC(=O)c1ccccc1)[C@@](C)(C[C@@H](C)C(O)C(C)O)OC)[C@@](C)(O)CO. The van der Waals surface area contributed by atoms with Gasteiger partial charge >= 0.3 is 17.9 Å². The third kappa shape index (κ3) is 14.5. The fourth-order valence-electron chi connectivity index (χ4n) is 9.79. The molecular weight excluding hydrogens is 895 g/mol. The maximum Gasteiger partial charge on any atom is 0.338 e. The molecule has 2 saturated heterocycles. The first-order chi connectivity index (χ1) is 32.4. The van der Waals surface area contributed by atoms with Crippen molar-refractivity contribution >= 4 is 17.9 Å². The molecule has 2 unspecified atom stereocenters. The van der Waals surface area contributed by atoms with Crippen LogP contribution < -0.4 is 0 Å². The highest BCUT2D eigenvalue weighted by molar-refractivity contribution is 5.90. The molecule has 2 aromatic carbocycles. The molecule has 0 spiro atoms. The van der Waals surface area contributed by atoms with Crippen molar-refractivity contribution in [1.29, 1.82) is 0 Å². The summed E-state index contributed by atoms with van der Waals surface area (Å²) in [6.45, 7) is 16.3. The molecule has 2 fully saturated rings. The normalized spacial score (nSPS) is 29.5. The molecule has 2 aromatic rings. The van der Waals surface area contributed by atoms with Crippen LogP contribution in [-0.2, 0) is 47.4 Å². The van der Waals surface area contributed by atoms with E-state index in [-0.39, 0.29) is 31.4 Å². The van der Waals surface area contributed by atoms with Gasteiger partial charge in [-0.3, -0.25) is 4.79 Å². The lowest BCUT2D eigenvalue weighted by Gasteiger charge is -2.50. The van der Waals surface area contributed by atoms with Gasteiger partial charge in [0.05, 0.1) is 71.9 Å². The summed E-state index contributed by atoms with van der Waals surface area (Å²) in [5.41, 5.74) is -3.61. The van der Waals surface area contributed by atoms with E-state index in [0.29, 0.717) is 17.5 Å². The van der Waals surface area contributed by atoms with Gasteiger partial charge in [-0.2, -0.15) is 0 Å². The Morgan fingerprint density at radius 1 is 0.884 bits per heavy atom. The van der Waals surface area contributed by atoms with Crippen LogP contribution in [0.3, 0.4) is 0 Å². The number of esters is 3. The van der Waals surface area contributed by atoms with E-state index in [1.54, 1.807) is 109 Å². The maximum atomic E-state index is 14.5. The van der Waals surface area contributed by atoms with Gasteiger partial charge in [-0.15, -0.1) is 0 Å². The fourth-order valence-corrected chi connectivity index (χ4v) is 9.79. The first-order valence-corrected chi connectivity index (χ1v) is 24.2. The average Bonchev–Trinajstić information content (AvgIpc) is 3.32. The van der Waals surface area contributed by atoms with Gasteiger partial charge in [-0.25, -0.2) is 9.59 Å². The third-order valence-electron chi connectivity index (χ3n) is 14.1. The Labute approximate surface area is 409 Å². The Morgan fingerprint density at radius 2 is 1.45 bits per heavy atom. The Morgan fingerprint density at radius 3 is 1.94 bits per heavy atom. The van der Waals surface area contributed by atoms with E-state index in [1.807, 2.05) is 25.9 Å². The lowest BCUT2D eigenvalue weighted by molar-refractivity contribution is -0.319. The second-order valence-corrected chi connectivity index (χ2v) is 20.1. The molecule has 2 heterocycles. The van der Waals surface area contributed by atoms with Crippen molar-refractivity contribution in [2.75, 3.05) is 34.9 Å². The molecule has 0 amide bonds. The van der Waals surface area contributed by atoms with Crippen molar-refractivity contribution in [3.63, 3.8) is 0 Å². The number of carbonyl (C=O) groups is 3. The summed E-state index contributed by atoms with van der Waals surface area (Å²) in [7, 11) is 6.75. The van der Waals surface area contributed by atoms with Crippen molar-refractivity contribution in [3.05, 3.63) is 71.8 Å².